The van der Waals surface area contributed by atoms with Crippen molar-refractivity contribution in [3.8, 4) is 40.1 Å². The average Bonchev–Trinajstić information content (AvgIpc) is 3.92. The molecular formula is C50H31N7. The first-order chi connectivity index (χ1) is 28.3. The molecular weight excluding hydrogens is 699 g/mol. The van der Waals surface area contributed by atoms with E-state index in [-0.39, 0.29) is 0 Å². The Kier molecular flexibility index (Phi) is 6.79. The fourth-order valence-corrected chi connectivity index (χ4v) is 8.75. The van der Waals surface area contributed by atoms with Crippen LogP contribution in [0.25, 0.3) is 106 Å². The summed E-state index contributed by atoms with van der Waals surface area (Å²) in [7, 11) is 0. The largest absolute Gasteiger partial charge is 0.309 e. The summed E-state index contributed by atoms with van der Waals surface area (Å²) in [6, 6.07) is 61.6. The van der Waals surface area contributed by atoms with Crippen molar-refractivity contribution in [2.75, 3.05) is 0 Å². The highest BCUT2D eigenvalue weighted by Gasteiger charge is 2.22. The van der Waals surface area contributed by atoms with Gasteiger partial charge < -0.3 is 9.13 Å². The molecule has 266 valence electrons. The maximum absolute atomic E-state index is 5.36. The number of para-hydroxylation sites is 5. The maximum Gasteiger partial charge on any atom is 0.238 e. The molecule has 0 fully saturated rings. The van der Waals surface area contributed by atoms with Gasteiger partial charge in [-0.1, -0.05) is 115 Å². The average molecular weight is 730 g/mol. The van der Waals surface area contributed by atoms with Gasteiger partial charge in [0, 0.05) is 55.3 Å². The Hall–Kier alpha value is -7.90. The SMILES string of the molecule is c1ccc(-c2nc(-c3ccccc3-n3c4ccccc4c4ccncc43)nc(-n3c4ccccc4c4cc(-n5c6ccccc6c6ccccc65)ccc43)n2)cc1. The monoisotopic (exact) mass is 729 g/mol. The lowest BCUT2D eigenvalue weighted by Crippen LogP contribution is -2.08. The third-order valence-electron chi connectivity index (χ3n) is 11.2. The third-order valence-corrected chi connectivity index (χ3v) is 11.2. The summed E-state index contributed by atoms with van der Waals surface area (Å²) in [5, 5.41) is 7.01. The van der Waals surface area contributed by atoms with Crippen LogP contribution in [0.4, 0.5) is 0 Å². The smallest absolute Gasteiger partial charge is 0.238 e. The van der Waals surface area contributed by atoms with Crippen molar-refractivity contribution in [3.05, 3.63) is 188 Å². The molecule has 0 bridgehead atoms. The van der Waals surface area contributed by atoms with Gasteiger partial charge in [0.25, 0.3) is 0 Å². The Balaban J connectivity index is 1.12. The summed E-state index contributed by atoms with van der Waals surface area (Å²) in [5.74, 6) is 1.73. The number of aromatic nitrogens is 7. The Morgan fingerprint density at radius 1 is 0.351 bits per heavy atom. The molecule has 5 aromatic heterocycles. The topological polar surface area (TPSA) is 66.3 Å². The first-order valence-corrected chi connectivity index (χ1v) is 19.1. The highest BCUT2D eigenvalue weighted by molar-refractivity contribution is 6.12. The van der Waals surface area contributed by atoms with Crippen LogP contribution in [0.1, 0.15) is 0 Å². The van der Waals surface area contributed by atoms with Crippen LogP contribution in [0.15, 0.2) is 188 Å². The number of hydrogen-bond donors (Lipinski definition) is 0. The van der Waals surface area contributed by atoms with Gasteiger partial charge in [-0.25, -0.2) is 4.98 Å². The third kappa shape index (κ3) is 4.72. The zero-order chi connectivity index (χ0) is 37.5. The molecule has 0 spiro atoms. The molecule has 7 aromatic carbocycles. The lowest BCUT2D eigenvalue weighted by molar-refractivity contribution is 0.951. The van der Waals surface area contributed by atoms with Gasteiger partial charge in [-0.3, -0.25) is 9.55 Å². The van der Waals surface area contributed by atoms with Gasteiger partial charge in [0.1, 0.15) is 0 Å². The molecule has 7 nitrogen and oxygen atoms in total. The van der Waals surface area contributed by atoms with Crippen LogP contribution in [0.2, 0.25) is 0 Å². The fraction of sp³-hybridized carbons (Fsp3) is 0. The number of rotatable bonds is 5. The van der Waals surface area contributed by atoms with Crippen molar-refractivity contribution in [1.82, 2.24) is 33.6 Å². The Labute approximate surface area is 326 Å². The van der Waals surface area contributed by atoms with E-state index in [4.69, 9.17) is 15.0 Å². The molecule has 5 heterocycles. The molecule has 0 aliphatic carbocycles. The van der Waals surface area contributed by atoms with E-state index in [9.17, 15) is 0 Å². The van der Waals surface area contributed by atoms with Crippen molar-refractivity contribution in [3.63, 3.8) is 0 Å². The normalized spacial score (nSPS) is 11.9. The highest BCUT2D eigenvalue weighted by Crippen LogP contribution is 2.39. The van der Waals surface area contributed by atoms with Crippen molar-refractivity contribution in [1.29, 1.82) is 0 Å². The summed E-state index contributed by atoms with van der Waals surface area (Å²) < 4.78 is 6.83. The molecule has 0 radical (unpaired) electrons. The predicted octanol–water partition coefficient (Wildman–Crippen LogP) is 11.9. The fourth-order valence-electron chi connectivity index (χ4n) is 8.75. The van der Waals surface area contributed by atoms with Crippen molar-refractivity contribution < 1.29 is 0 Å². The zero-order valence-electron chi connectivity index (χ0n) is 30.5. The van der Waals surface area contributed by atoms with Crippen LogP contribution in [0, 0.1) is 0 Å². The lowest BCUT2D eigenvalue weighted by Gasteiger charge is -2.15. The van der Waals surface area contributed by atoms with Gasteiger partial charge in [0.2, 0.25) is 5.95 Å². The zero-order valence-corrected chi connectivity index (χ0v) is 30.5. The van der Waals surface area contributed by atoms with Gasteiger partial charge in [0.05, 0.1) is 45.0 Å². The summed E-state index contributed by atoms with van der Waals surface area (Å²) in [6.45, 7) is 0. The van der Waals surface area contributed by atoms with E-state index < -0.39 is 0 Å². The molecule has 12 aromatic rings. The maximum atomic E-state index is 5.36. The molecule has 12 rings (SSSR count). The molecule has 0 N–H and O–H groups in total. The minimum atomic E-state index is 0.549. The molecule has 7 heteroatoms. The van der Waals surface area contributed by atoms with E-state index in [0.29, 0.717) is 17.6 Å². The minimum absolute atomic E-state index is 0.549. The number of hydrogen-bond acceptors (Lipinski definition) is 4. The highest BCUT2D eigenvalue weighted by atomic mass is 15.2. The second-order valence-corrected chi connectivity index (χ2v) is 14.3. The number of pyridine rings is 1. The first-order valence-electron chi connectivity index (χ1n) is 19.1. The molecule has 0 unspecified atom stereocenters. The van der Waals surface area contributed by atoms with E-state index in [1.807, 2.05) is 36.7 Å². The summed E-state index contributed by atoms with van der Waals surface area (Å²) in [6.07, 6.45) is 3.79. The Morgan fingerprint density at radius 3 is 1.58 bits per heavy atom. The van der Waals surface area contributed by atoms with Crippen LogP contribution < -0.4 is 0 Å². The molecule has 57 heavy (non-hydrogen) atoms. The first kappa shape index (κ1) is 31.5. The van der Waals surface area contributed by atoms with E-state index in [1.54, 1.807) is 0 Å². The van der Waals surface area contributed by atoms with Gasteiger partial charge in [0.15, 0.2) is 11.6 Å². The molecule has 0 saturated heterocycles. The standard InChI is InChI=1S/C50H31N7/c1-2-14-32(15-3-1)48-52-49(39-20-8-13-25-45(39)56-43-23-11-6-18-36(43)38-28-29-51-31-47(38)56)54-50(53-48)57-44-24-12-7-19-37(44)40-30-33(26-27-46(40)57)55-41-21-9-4-16-34(41)35-17-5-10-22-42(35)55/h1-31H. The van der Waals surface area contributed by atoms with Crippen LogP contribution in [0.5, 0.6) is 0 Å². The second kappa shape index (κ2) is 12.3. The second-order valence-electron chi connectivity index (χ2n) is 14.3. The molecule has 0 aliphatic heterocycles. The van der Waals surface area contributed by atoms with Crippen LogP contribution in [-0.2, 0) is 0 Å². The summed E-state index contributed by atoms with van der Waals surface area (Å²) in [4.78, 5) is 20.4. The lowest BCUT2D eigenvalue weighted by atomic mass is 10.1. The quantitative estimate of drug-likeness (QED) is 0.177. The van der Waals surface area contributed by atoms with Crippen LogP contribution in [-0.4, -0.2) is 33.6 Å². The molecule has 0 aliphatic rings. The molecule has 0 atom stereocenters. The van der Waals surface area contributed by atoms with Gasteiger partial charge in [-0.15, -0.1) is 0 Å². The summed E-state index contributed by atoms with van der Waals surface area (Å²) >= 11 is 0. The molecule has 0 amide bonds. The van der Waals surface area contributed by atoms with E-state index in [2.05, 4.69) is 170 Å². The van der Waals surface area contributed by atoms with Crippen LogP contribution in [0.3, 0.4) is 0 Å². The molecule has 0 saturated carbocycles. The predicted molar refractivity (Wildman–Crippen MR) is 232 cm³/mol. The number of benzene rings is 7. The van der Waals surface area contributed by atoms with Crippen molar-refractivity contribution in [2.45, 2.75) is 0 Å². The Bertz CT molecular complexity index is 3430. The van der Waals surface area contributed by atoms with Gasteiger partial charge in [-0.05, 0) is 60.7 Å². The van der Waals surface area contributed by atoms with E-state index >= 15 is 0 Å². The van der Waals surface area contributed by atoms with E-state index in [0.717, 1.165) is 66.1 Å². The number of nitrogens with zero attached hydrogens (tertiary/aromatic N) is 7. The Morgan fingerprint density at radius 2 is 0.877 bits per heavy atom. The minimum Gasteiger partial charge on any atom is -0.309 e. The number of fused-ring (bicyclic) bond motifs is 9. The summed E-state index contributed by atoms with van der Waals surface area (Å²) in [5.41, 5.74) is 10.3. The van der Waals surface area contributed by atoms with Crippen molar-refractivity contribution >= 4 is 65.4 Å². The van der Waals surface area contributed by atoms with E-state index in [1.165, 1.54) is 21.8 Å². The van der Waals surface area contributed by atoms with Crippen LogP contribution >= 0.6 is 0 Å². The van der Waals surface area contributed by atoms with Gasteiger partial charge >= 0.3 is 0 Å². The van der Waals surface area contributed by atoms with Crippen molar-refractivity contribution in [2.24, 2.45) is 0 Å². The van der Waals surface area contributed by atoms with Gasteiger partial charge in [-0.2, -0.15) is 9.97 Å².